The summed E-state index contributed by atoms with van der Waals surface area (Å²) in [4.78, 5) is 14.2. The average Bonchev–Trinajstić information content (AvgIpc) is 3.16. The highest BCUT2D eigenvalue weighted by atomic mass is 35.5. The van der Waals surface area contributed by atoms with Crippen LogP contribution in [0.1, 0.15) is 19.8 Å². The van der Waals surface area contributed by atoms with Crippen LogP contribution in [0.2, 0.25) is 5.02 Å². The largest absolute Gasteiger partial charge is 0.397 e. The zero-order valence-electron chi connectivity index (χ0n) is 11.3. The van der Waals surface area contributed by atoms with Crippen molar-refractivity contribution in [3.05, 3.63) is 23.2 Å². The molecule has 0 aromatic heterocycles. The van der Waals surface area contributed by atoms with E-state index in [-0.39, 0.29) is 11.9 Å². The van der Waals surface area contributed by atoms with Crippen LogP contribution in [0.4, 0.5) is 11.4 Å². The Labute approximate surface area is 118 Å². The van der Waals surface area contributed by atoms with Gasteiger partial charge in [0.1, 0.15) is 0 Å². The predicted octanol–water partition coefficient (Wildman–Crippen LogP) is 2.59. The number of amides is 1. The number of nitrogens with two attached hydrogens (primary N) is 1. The van der Waals surface area contributed by atoms with Crippen LogP contribution in [-0.2, 0) is 4.79 Å². The number of nitrogens with zero attached hydrogens (tertiary/aromatic N) is 1. The standard InChI is InChI=1S/C14H20ClN3O/c1-9(18(2)8-10-3-4-10)14(19)17-13-7-11(15)5-6-12(13)16/h5-7,9-10H,3-4,8,16H2,1-2H3,(H,17,19). The molecule has 1 amide bonds. The lowest BCUT2D eigenvalue weighted by molar-refractivity contribution is -0.120. The number of hydrogen-bond acceptors (Lipinski definition) is 3. The molecule has 1 aromatic rings. The van der Waals surface area contributed by atoms with Crippen molar-refractivity contribution in [3.63, 3.8) is 0 Å². The van der Waals surface area contributed by atoms with E-state index >= 15 is 0 Å². The van der Waals surface area contributed by atoms with Gasteiger partial charge in [-0.25, -0.2) is 0 Å². The number of nitrogen functional groups attached to an aromatic ring is 1. The van der Waals surface area contributed by atoms with E-state index in [1.54, 1.807) is 18.2 Å². The van der Waals surface area contributed by atoms with Crippen molar-refractivity contribution in [1.29, 1.82) is 0 Å². The van der Waals surface area contributed by atoms with Crippen molar-refractivity contribution in [2.75, 3.05) is 24.6 Å². The second-order valence-corrected chi connectivity index (χ2v) is 5.72. The summed E-state index contributed by atoms with van der Waals surface area (Å²) in [5, 5.41) is 3.39. The predicted molar refractivity (Wildman–Crippen MR) is 79.3 cm³/mol. The van der Waals surface area contributed by atoms with E-state index in [1.165, 1.54) is 12.8 Å². The second-order valence-electron chi connectivity index (χ2n) is 5.28. The van der Waals surface area contributed by atoms with Gasteiger partial charge in [-0.15, -0.1) is 0 Å². The maximum atomic E-state index is 12.2. The maximum absolute atomic E-state index is 12.2. The Bertz CT molecular complexity index is 474. The Hall–Kier alpha value is -1.26. The number of rotatable bonds is 5. The van der Waals surface area contributed by atoms with Crippen molar-refractivity contribution in [2.45, 2.75) is 25.8 Å². The molecule has 2 rings (SSSR count). The molecule has 0 aliphatic heterocycles. The molecule has 0 bridgehead atoms. The summed E-state index contributed by atoms with van der Waals surface area (Å²) in [6, 6.07) is 4.88. The lowest BCUT2D eigenvalue weighted by Crippen LogP contribution is -2.40. The lowest BCUT2D eigenvalue weighted by Gasteiger charge is -2.24. The zero-order chi connectivity index (χ0) is 14.0. The highest BCUT2D eigenvalue weighted by Gasteiger charge is 2.27. The first-order valence-electron chi connectivity index (χ1n) is 6.53. The first kappa shape index (κ1) is 14.2. The van der Waals surface area contributed by atoms with Gasteiger partial charge in [-0.3, -0.25) is 9.69 Å². The summed E-state index contributed by atoms with van der Waals surface area (Å²) < 4.78 is 0. The van der Waals surface area contributed by atoms with Gasteiger partial charge < -0.3 is 11.1 Å². The smallest absolute Gasteiger partial charge is 0.241 e. The molecule has 1 saturated carbocycles. The van der Waals surface area contributed by atoms with Gasteiger partial charge in [0.25, 0.3) is 0 Å². The van der Waals surface area contributed by atoms with E-state index in [9.17, 15) is 4.79 Å². The highest BCUT2D eigenvalue weighted by molar-refractivity contribution is 6.31. The van der Waals surface area contributed by atoms with Crippen molar-refractivity contribution in [3.8, 4) is 0 Å². The molecule has 4 nitrogen and oxygen atoms in total. The number of benzene rings is 1. The van der Waals surface area contributed by atoms with Crippen LogP contribution < -0.4 is 11.1 Å². The SMILES string of the molecule is CC(C(=O)Nc1cc(Cl)ccc1N)N(C)CC1CC1. The Morgan fingerprint density at radius 3 is 2.89 bits per heavy atom. The quantitative estimate of drug-likeness (QED) is 0.816. The molecule has 1 atom stereocenters. The lowest BCUT2D eigenvalue weighted by atomic mass is 10.2. The minimum Gasteiger partial charge on any atom is -0.397 e. The third-order valence-electron chi connectivity index (χ3n) is 3.56. The molecule has 0 saturated heterocycles. The Balaban J connectivity index is 1.97. The first-order valence-corrected chi connectivity index (χ1v) is 6.91. The summed E-state index contributed by atoms with van der Waals surface area (Å²) in [5.41, 5.74) is 6.91. The molecule has 1 fully saturated rings. The molecule has 3 N–H and O–H groups in total. The minimum atomic E-state index is -0.181. The first-order chi connectivity index (χ1) is 8.97. The molecule has 5 heteroatoms. The van der Waals surface area contributed by atoms with E-state index < -0.39 is 0 Å². The highest BCUT2D eigenvalue weighted by Crippen LogP contribution is 2.30. The van der Waals surface area contributed by atoms with Crippen molar-refractivity contribution in [2.24, 2.45) is 5.92 Å². The van der Waals surface area contributed by atoms with Crippen LogP contribution in [0.25, 0.3) is 0 Å². The van der Waals surface area contributed by atoms with Crippen molar-refractivity contribution < 1.29 is 4.79 Å². The fourth-order valence-electron chi connectivity index (χ4n) is 1.94. The topological polar surface area (TPSA) is 58.4 Å². The van der Waals surface area contributed by atoms with E-state index in [1.807, 2.05) is 14.0 Å². The Kier molecular flexibility index (Phi) is 4.32. The van der Waals surface area contributed by atoms with Gasteiger partial charge in [0.05, 0.1) is 17.4 Å². The monoisotopic (exact) mass is 281 g/mol. The van der Waals surface area contributed by atoms with Gasteiger partial charge in [-0.2, -0.15) is 0 Å². The Morgan fingerprint density at radius 2 is 2.26 bits per heavy atom. The molecule has 0 heterocycles. The number of hydrogen-bond donors (Lipinski definition) is 2. The molecule has 0 spiro atoms. The summed E-state index contributed by atoms with van der Waals surface area (Å²) in [5.74, 6) is 0.702. The molecule has 104 valence electrons. The number of likely N-dealkylation sites (N-methyl/N-ethyl adjacent to an activating group) is 1. The van der Waals surface area contributed by atoms with E-state index in [0.29, 0.717) is 16.4 Å². The van der Waals surface area contributed by atoms with E-state index in [2.05, 4.69) is 10.2 Å². The average molecular weight is 282 g/mol. The number of halogens is 1. The molecule has 0 radical (unpaired) electrons. The number of nitrogens with one attached hydrogen (secondary N) is 1. The van der Waals surface area contributed by atoms with Crippen LogP contribution >= 0.6 is 11.6 Å². The molecule has 1 aromatic carbocycles. The minimum absolute atomic E-state index is 0.0582. The van der Waals surface area contributed by atoms with Gasteiger partial charge >= 0.3 is 0 Å². The molecular weight excluding hydrogens is 262 g/mol. The van der Waals surface area contributed by atoms with Crippen LogP contribution in [0.3, 0.4) is 0 Å². The normalized spacial score (nSPS) is 16.4. The fourth-order valence-corrected chi connectivity index (χ4v) is 2.11. The van der Waals surface area contributed by atoms with Crippen LogP contribution in [-0.4, -0.2) is 30.4 Å². The van der Waals surface area contributed by atoms with Gasteiger partial charge in [0, 0.05) is 11.6 Å². The maximum Gasteiger partial charge on any atom is 0.241 e. The molecule has 1 aliphatic carbocycles. The van der Waals surface area contributed by atoms with Gasteiger partial charge in [-0.1, -0.05) is 11.6 Å². The molecule has 19 heavy (non-hydrogen) atoms. The third-order valence-corrected chi connectivity index (χ3v) is 3.79. The number of carbonyl (C=O) groups excluding carboxylic acids is 1. The molecule has 1 unspecified atom stereocenters. The van der Waals surface area contributed by atoms with Gasteiger partial charge in [0.15, 0.2) is 0 Å². The number of anilines is 2. The summed E-state index contributed by atoms with van der Waals surface area (Å²) in [6.07, 6.45) is 2.56. The van der Waals surface area contributed by atoms with Gasteiger partial charge in [-0.05, 0) is 50.9 Å². The van der Waals surface area contributed by atoms with Crippen molar-refractivity contribution >= 4 is 28.9 Å². The van der Waals surface area contributed by atoms with Crippen LogP contribution in [0.15, 0.2) is 18.2 Å². The van der Waals surface area contributed by atoms with E-state index in [0.717, 1.165) is 12.5 Å². The third kappa shape index (κ3) is 3.85. The van der Waals surface area contributed by atoms with Crippen LogP contribution in [0.5, 0.6) is 0 Å². The zero-order valence-corrected chi connectivity index (χ0v) is 12.1. The van der Waals surface area contributed by atoms with Crippen molar-refractivity contribution in [1.82, 2.24) is 4.90 Å². The van der Waals surface area contributed by atoms with Gasteiger partial charge in [0.2, 0.25) is 5.91 Å². The summed E-state index contributed by atoms with van der Waals surface area (Å²) >= 11 is 5.90. The number of carbonyl (C=O) groups is 1. The van der Waals surface area contributed by atoms with Crippen LogP contribution in [0, 0.1) is 5.92 Å². The fraction of sp³-hybridized carbons (Fsp3) is 0.500. The van der Waals surface area contributed by atoms with E-state index in [4.69, 9.17) is 17.3 Å². The summed E-state index contributed by atoms with van der Waals surface area (Å²) in [6.45, 7) is 2.87. The second kappa shape index (κ2) is 5.80. The molecule has 1 aliphatic rings. The Morgan fingerprint density at radius 1 is 1.58 bits per heavy atom. The molecular formula is C14H20ClN3O. The summed E-state index contributed by atoms with van der Waals surface area (Å²) in [7, 11) is 1.98.